The van der Waals surface area contributed by atoms with Crippen LogP contribution in [0.5, 0.6) is 11.5 Å². The molecule has 3 atom stereocenters. The molecule has 3 fully saturated rings. The molecule has 152 valence electrons. The van der Waals surface area contributed by atoms with Crippen LogP contribution >= 0.6 is 0 Å². The molecule has 0 saturated carbocycles. The largest absolute Gasteiger partial charge is 0.494 e. The number of nitrogens with zero attached hydrogens (tertiary/aromatic N) is 2. The Hall–Kier alpha value is -2.28. The first kappa shape index (κ1) is 19.1. The van der Waals surface area contributed by atoms with Crippen molar-refractivity contribution in [1.29, 1.82) is 0 Å². The van der Waals surface area contributed by atoms with Crippen LogP contribution < -0.4 is 9.47 Å². The lowest BCUT2D eigenvalue weighted by molar-refractivity contribution is -0.142. The SMILES string of the molecule is CCOc1ccc(OCC(=O)N2CC[C@@]34OC[C@@H](C(C)C)N3C(=O)C[C@@H]24)cc1. The minimum Gasteiger partial charge on any atom is -0.494 e. The summed E-state index contributed by atoms with van der Waals surface area (Å²) in [6.07, 6.45) is 0.999. The quantitative estimate of drug-likeness (QED) is 0.746. The van der Waals surface area contributed by atoms with Gasteiger partial charge in [0.1, 0.15) is 11.5 Å². The van der Waals surface area contributed by atoms with E-state index >= 15 is 0 Å². The van der Waals surface area contributed by atoms with Crippen molar-refractivity contribution in [2.45, 2.75) is 51.4 Å². The maximum absolute atomic E-state index is 12.8. The Morgan fingerprint density at radius 3 is 2.57 bits per heavy atom. The molecule has 4 rings (SSSR count). The maximum Gasteiger partial charge on any atom is 0.260 e. The number of rotatable bonds is 6. The highest BCUT2D eigenvalue weighted by Gasteiger charge is 2.65. The lowest BCUT2D eigenvalue weighted by atomic mass is 10.0. The predicted octanol–water partition coefficient (Wildman–Crippen LogP) is 2.05. The Kier molecular flexibility index (Phi) is 4.95. The standard InChI is InChI=1S/C21H28N2O5/c1-4-26-15-5-7-16(8-6-15)27-13-20(25)22-10-9-21-18(22)11-19(24)23(21)17(12-28-21)14(2)3/h5-8,14,17-18H,4,9-13H2,1-3H3/t17-,18+,21-/m0/s1. The summed E-state index contributed by atoms with van der Waals surface area (Å²) in [5, 5.41) is 0. The zero-order chi connectivity index (χ0) is 19.9. The summed E-state index contributed by atoms with van der Waals surface area (Å²) in [5.41, 5.74) is -0.638. The number of likely N-dealkylation sites (tertiary alicyclic amines) is 1. The Bertz CT molecular complexity index is 750. The fourth-order valence-electron chi connectivity index (χ4n) is 4.70. The lowest BCUT2D eigenvalue weighted by Crippen LogP contribution is -2.51. The summed E-state index contributed by atoms with van der Waals surface area (Å²) < 4.78 is 17.2. The van der Waals surface area contributed by atoms with Crippen molar-refractivity contribution in [2.24, 2.45) is 5.92 Å². The first-order valence-electron chi connectivity index (χ1n) is 10.1. The molecule has 0 N–H and O–H groups in total. The smallest absolute Gasteiger partial charge is 0.260 e. The molecule has 3 saturated heterocycles. The van der Waals surface area contributed by atoms with Gasteiger partial charge in [-0.3, -0.25) is 9.59 Å². The van der Waals surface area contributed by atoms with Gasteiger partial charge in [-0.25, -0.2) is 0 Å². The highest BCUT2D eigenvalue weighted by Crippen LogP contribution is 2.48. The predicted molar refractivity (Wildman–Crippen MR) is 102 cm³/mol. The van der Waals surface area contributed by atoms with Crippen LogP contribution in [0.15, 0.2) is 24.3 Å². The molecular weight excluding hydrogens is 360 g/mol. The van der Waals surface area contributed by atoms with E-state index in [0.717, 1.165) is 5.75 Å². The summed E-state index contributed by atoms with van der Waals surface area (Å²) in [7, 11) is 0. The van der Waals surface area contributed by atoms with Crippen molar-refractivity contribution in [1.82, 2.24) is 9.80 Å². The number of ether oxygens (including phenoxy) is 3. The number of benzene rings is 1. The van der Waals surface area contributed by atoms with E-state index < -0.39 is 5.72 Å². The van der Waals surface area contributed by atoms with Crippen LogP contribution in [0, 0.1) is 5.92 Å². The molecule has 7 nitrogen and oxygen atoms in total. The van der Waals surface area contributed by atoms with E-state index in [1.54, 1.807) is 17.0 Å². The second-order valence-electron chi connectivity index (χ2n) is 7.98. The summed E-state index contributed by atoms with van der Waals surface area (Å²) in [5.74, 6) is 1.69. The van der Waals surface area contributed by atoms with Crippen LogP contribution in [0.1, 0.15) is 33.6 Å². The molecule has 1 aromatic rings. The van der Waals surface area contributed by atoms with Gasteiger partial charge in [-0.05, 0) is 37.1 Å². The first-order valence-corrected chi connectivity index (χ1v) is 10.1. The fraction of sp³-hybridized carbons (Fsp3) is 0.619. The normalized spacial score (nSPS) is 28.6. The van der Waals surface area contributed by atoms with Crippen molar-refractivity contribution in [2.75, 3.05) is 26.4 Å². The van der Waals surface area contributed by atoms with E-state index in [2.05, 4.69) is 13.8 Å². The van der Waals surface area contributed by atoms with E-state index in [-0.39, 0.29) is 30.5 Å². The van der Waals surface area contributed by atoms with E-state index in [4.69, 9.17) is 14.2 Å². The van der Waals surface area contributed by atoms with Crippen molar-refractivity contribution in [3.05, 3.63) is 24.3 Å². The number of hydrogen-bond donors (Lipinski definition) is 0. The van der Waals surface area contributed by atoms with Crippen LogP contribution in [0.3, 0.4) is 0 Å². The van der Waals surface area contributed by atoms with Gasteiger partial charge in [0, 0.05) is 13.0 Å². The molecule has 0 unspecified atom stereocenters. The third-order valence-electron chi connectivity index (χ3n) is 6.07. The molecule has 3 aliphatic heterocycles. The van der Waals surface area contributed by atoms with Crippen LogP contribution in [-0.4, -0.2) is 65.8 Å². The Morgan fingerprint density at radius 2 is 1.93 bits per heavy atom. The molecule has 7 heteroatoms. The third-order valence-corrected chi connectivity index (χ3v) is 6.07. The average molecular weight is 388 g/mol. The zero-order valence-electron chi connectivity index (χ0n) is 16.7. The highest BCUT2D eigenvalue weighted by atomic mass is 16.5. The Labute approximate surface area is 165 Å². The van der Waals surface area contributed by atoms with Gasteiger partial charge in [0.15, 0.2) is 12.3 Å². The van der Waals surface area contributed by atoms with Crippen molar-refractivity contribution in [3.8, 4) is 11.5 Å². The lowest BCUT2D eigenvalue weighted by Gasteiger charge is -2.34. The van der Waals surface area contributed by atoms with Crippen LogP contribution in [0.2, 0.25) is 0 Å². The minimum atomic E-state index is -0.638. The molecule has 3 heterocycles. The molecule has 0 aromatic heterocycles. The zero-order valence-corrected chi connectivity index (χ0v) is 16.7. The number of amides is 2. The Balaban J connectivity index is 1.41. The van der Waals surface area contributed by atoms with Gasteiger partial charge in [-0.15, -0.1) is 0 Å². The van der Waals surface area contributed by atoms with Crippen molar-refractivity contribution in [3.63, 3.8) is 0 Å². The number of hydrogen-bond acceptors (Lipinski definition) is 5. The number of carbonyl (C=O) groups excluding carboxylic acids is 2. The molecule has 0 radical (unpaired) electrons. The van der Waals surface area contributed by atoms with Gasteiger partial charge < -0.3 is 24.0 Å². The van der Waals surface area contributed by atoms with Gasteiger partial charge in [-0.2, -0.15) is 0 Å². The van der Waals surface area contributed by atoms with Gasteiger partial charge in [0.2, 0.25) is 5.91 Å². The maximum atomic E-state index is 12.8. The Morgan fingerprint density at radius 1 is 1.25 bits per heavy atom. The van der Waals surface area contributed by atoms with Crippen LogP contribution in [0.4, 0.5) is 0 Å². The molecule has 1 aromatic carbocycles. The molecule has 1 spiro atoms. The van der Waals surface area contributed by atoms with Crippen LogP contribution in [0.25, 0.3) is 0 Å². The average Bonchev–Trinajstić information content (AvgIpc) is 3.30. The van der Waals surface area contributed by atoms with Crippen molar-refractivity contribution < 1.29 is 23.8 Å². The van der Waals surface area contributed by atoms with Gasteiger partial charge in [0.05, 0.1) is 31.7 Å². The van der Waals surface area contributed by atoms with E-state index in [9.17, 15) is 9.59 Å². The van der Waals surface area contributed by atoms with E-state index in [0.29, 0.717) is 44.3 Å². The van der Waals surface area contributed by atoms with E-state index in [1.807, 2.05) is 24.0 Å². The van der Waals surface area contributed by atoms with Crippen LogP contribution in [-0.2, 0) is 14.3 Å². The summed E-state index contributed by atoms with van der Waals surface area (Å²) in [6, 6.07) is 7.09. The molecule has 0 aliphatic carbocycles. The number of carbonyl (C=O) groups is 2. The fourth-order valence-corrected chi connectivity index (χ4v) is 4.70. The summed E-state index contributed by atoms with van der Waals surface area (Å²) >= 11 is 0. The highest BCUT2D eigenvalue weighted by molar-refractivity contribution is 5.85. The monoisotopic (exact) mass is 388 g/mol. The second-order valence-corrected chi connectivity index (χ2v) is 7.98. The minimum absolute atomic E-state index is 0.0532. The van der Waals surface area contributed by atoms with Crippen molar-refractivity contribution >= 4 is 11.8 Å². The molecule has 0 bridgehead atoms. The molecular formula is C21H28N2O5. The molecule has 2 amide bonds. The second kappa shape index (κ2) is 7.28. The summed E-state index contributed by atoms with van der Waals surface area (Å²) in [4.78, 5) is 29.2. The van der Waals surface area contributed by atoms with Gasteiger partial charge in [0.25, 0.3) is 5.91 Å². The third kappa shape index (κ3) is 3.02. The van der Waals surface area contributed by atoms with Gasteiger partial charge in [-0.1, -0.05) is 13.8 Å². The topological polar surface area (TPSA) is 68.3 Å². The van der Waals surface area contributed by atoms with Gasteiger partial charge >= 0.3 is 0 Å². The molecule has 28 heavy (non-hydrogen) atoms. The van der Waals surface area contributed by atoms with E-state index in [1.165, 1.54) is 0 Å². The first-order chi connectivity index (χ1) is 13.5. The molecule has 3 aliphatic rings. The summed E-state index contributed by atoms with van der Waals surface area (Å²) in [6.45, 7) is 7.83.